The van der Waals surface area contributed by atoms with Gasteiger partial charge in [0.05, 0.1) is 22.9 Å². The average Bonchev–Trinajstić information content (AvgIpc) is 3.45. The van der Waals surface area contributed by atoms with Crippen LogP contribution in [0.15, 0.2) is 36.0 Å². The Bertz CT molecular complexity index is 1340. The molecule has 1 aliphatic carbocycles. The van der Waals surface area contributed by atoms with Gasteiger partial charge in [-0.05, 0) is 63.3 Å². The second-order valence-electron chi connectivity index (χ2n) is 8.55. The summed E-state index contributed by atoms with van der Waals surface area (Å²) in [6, 6.07) is 3.89. The minimum absolute atomic E-state index is 0.0547. The first-order chi connectivity index (χ1) is 18.3. The molecule has 3 aromatic rings. The SMILES string of the molecule is C=CCn1c(SCC(=O)Nc2sc3c(c2C(=O)OCC)CCCC3)nnc1C(C)Oc1ccc(F)cc1Cl. The summed E-state index contributed by atoms with van der Waals surface area (Å²) >= 11 is 8.76. The number of allylic oxidation sites excluding steroid dienone is 1. The number of carbonyl (C=O) groups is 2. The van der Waals surface area contributed by atoms with Gasteiger partial charge < -0.3 is 14.8 Å². The van der Waals surface area contributed by atoms with Gasteiger partial charge in [0.2, 0.25) is 5.91 Å². The Labute approximate surface area is 233 Å². The van der Waals surface area contributed by atoms with Gasteiger partial charge in [-0.2, -0.15) is 0 Å². The summed E-state index contributed by atoms with van der Waals surface area (Å²) < 4.78 is 26.3. The van der Waals surface area contributed by atoms with Crippen LogP contribution in [-0.4, -0.2) is 39.0 Å². The number of amides is 1. The summed E-state index contributed by atoms with van der Waals surface area (Å²) in [5, 5.41) is 12.6. The largest absolute Gasteiger partial charge is 0.481 e. The number of rotatable bonds is 11. The zero-order chi connectivity index (χ0) is 27.2. The molecule has 1 N–H and O–H groups in total. The van der Waals surface area contributed by atoms with Crippen molar-refractivity contribution in [2.45, 2.75) is 57.3 Å². The van der Waals surface area contributed by atoms with Gasteiger partial charge in [0.25, 0.3) is 0 Å². The number of nitrogens with zero attached hydrogens (tertiary/aromatic N) is 3. The molecule has 0 spiro atoms. The van der Waals surface area contributed by atoms with Gasteiger partial charge in [0, 0.05) is 11.4 Å². The van der Waals surface area contributed by atoms with Crippen molar-refractivity contribution in [1.82, 2.24) is 14.8 Å². The Morgan fingerprint density at radius 1 is 1.34 bits per heavy atom. The molecule has 202 valence electrons. The third-order valence-electron chi connectivity index (χ3n) is 5.85. The molecule has 0 bridgehead atoms. The lowest BCUT2D eigenvalue weighted by atomic mass is 9.95. The van der Waals surface area contributed by atoms with E-state index in [4.69, 9.17) is 21.1 Å². The molecule has 1 atom stereocenters. The molecule has 1 aliphatic rings. The van der Waals surface area contributed by atoms with Crippen molar-refractivity contribution in [1.29, 1.82) is 0 Å². The third kappa shape index (κ3) is 6.39. The lowest BCUT2D eigenvalue weighted by Crippen LogP contribution is -2.17. The maximum Gasteiger partial charge on any atom is 0.341 e. The normalized spacial score (nSPS) is 13.5. The number of ether oxygens (including phenoxy) is 2. The van der Waals surface area contributed by atoms with Gasteiger partial charge in [-0.1, -0.05) is 29.4 Å². The Morgan fingerprint density at radius 3 is 2.87 bits per heavy atom. The van der Waals surface area contributed by atoms with Gasteiger partial charge in [-0.25, -0.2) is 9.18 Å². The molecule has 2 aromatic heterocycles. The van der Waals surface area contributed by atoms with Crippen LogP contribution in [0.1, 0.15) is 59.4 Å². The summed E-state index contributed by atoms with van der Waals surface area (Å²) in [4.78, 5) is 26.7. The van der Waals surface area contributed by atoms with E-state index in [0.717, 1.165) is 36.1 Å². The van der Waals surface area contributed by atoms with Crippen molar-refractivity contribution >= 4 is 51.6 Å². The molecular weight excluding hydrogens is 551 g/mol. The monoisotopic (exact) mass is 578 g/mol. The summed E-state index contributed by atoms with van der Waals surface area (Å²) in [5.41, 5.74) is 1.47. The molecule has 0 fully saturated rings. The van der Waals surface area contributed by atoms with E-state index < -0.39 is 17.9 Å². The molecule has 4 rings (SSSR count). The van der Waals surface area contributed by atoms with Gasteiger partial charge in [0.1, 0.15) is 16.6 Å². The first-order valence-corrected chi connectivity index (χ1v) is 14.4. The van der Waals surface area contributed by atoms with Crippen molar-refractivity contribution in [3.63, 3.8) is 0 Å². The molecule has 38 heavy (non-hydrogen) atoms. The summed E-state index contributed by atoms with van der Waals surface area (Å²) in [5.74, 6) is -0.253. The van der Waals surface area contributed by atoms with Crippen LogP contribution in [0.3, 0.4) is 0 Å². The van der Waals surface area contributed by atoms with Gasteiger partial charge in [0.15, 0.2) is 17.1 Å². The molecule has 8 nitrogen and oxygen atoms in total. The Kier molecular flexibility index (Phi) is 9.45. The van der Waals surface area contributed by atoms with E-state index in [-0.39, 0.29) is 23.3 Å². The van der Waals surface area contributed by atoms with Crippen LogP contribution in [-0.2, 0) is 28.9 Å². The van der Waals surface area contributed by atoms with Crippen LogP contribution in [0.2, 0.25) is 5.02 Å². The highest BCUT2D eigenvalue weighted by molar-refractivity contribution is 7.99. The summed E-state index contributed by atoms with van der Waals surface area (Å²) in [6.45, 7) is 8.00. The van der Waals surface area contributed by atoms with E-state index in [0.29, 0.717) is 33.8 Å². The van der Waals surface area contributed by atoms with Gasteiger partial charge in [-0.15, -0.1) is 28.1 Å². The molecule has 0 aliphatic heterocycles. The predicted molar refractivity (Wildman–Crippen MR) is 147 cm³/mol. The number of hydrogen-bond donors (Lipinski definition) is 1. The number of aromatic nitrogens is 3. The Balaban J connectivity index is 1.46. The number of hydrogen-bond acceptors (Lipinski definition) is 8. The number of carbonyl (C=O) groups excluding carboxylic acids is 2. The maximum atomic E-state index is 13.4. The number of esters is 1. The van der Waals surface area contributed by atoms with E-state index >= 15 is 0 Å². The fraction of sp³-hybridized carbons (Fsp3) is 0.385. The molecule has 0 radical (unpaired) electrons. The van der Waals surface area contributed by atoms with Crippen molar-refractivity contribution in [3.8, 4) is 5.75 Å². The predicted octanol–water partition coefficient (Wildman–Crippen LogP) is 6.24. The number of nitrogens with one attached hydrogen (secondary N) is 1. The number of halogens is 2. The van der Waals surface area contributed by atoms with Crippen LogP contribution in [0, 0.1) is 5.82 Å². The van der Waals surface area contributed by atoms with E-state index in [9.17, 15) is 14.0 Å². The smallest absolute Gasteiger partial charge is 0.341 e. The highest BCUT2D eigenvalue weighted by atomic mass is 35.5. The second-order valence-corrected chi connectivity index (χ2v) is 11.0. The number of fused-ring (bicyclic) bond motifs is 1. The van der Waals surface area contributed by atoms with Crippen LogP contribution >= 0.6 is 34.7 Å². The van der Waals surface area contributed by atoms with Crippen molar-refractivity contribution in [3.05, 3.63) is 63.5 Å². The fourth-order valence-electron chi connectivity index (χ4n) is 4.19. The lowest BCUT2D eigenvalue weighted by molar-refractivity contribution is -0.113. The number of benzene rings is 1. The molecule has 1 amide bonds. The molecule has 12 heteroatoms. The molecule has 0 saturated heterocycles. The van der Waals surface area contributed by atoms with Gasteiger partial charge >= 0.3 is 5.97 Å². The standard InChI is InChI=1S/C26H28ClFN4O4S2/c1-4-12-32-23(15(3)36-19-11-10-16(28)13-18(19)27)30-31-26(32)37-14-21(33)29-24-22(25(34)35-5-2)17-8-6-7-9-20(17)38-24/h4,10-11,13,15H,1,5-9,12,14H2,2-3H3,(H,29,33). The zero-order valence-electron chi connectivity index (χ0n) is 21.1. The minimum atomic E-state index is -0.557. The highest BCUT2D eigenvalue weighted by Crippen LogP contribution is 2.39. The van der Waals surface area contributed by atoms with Crippen molar-refractivity contribution in [2.75, 3.05) is 17.7 Å². The Morgan fingerprint density at radius 2 is 2.13 bits per heavy atom. The first-order valence-electron chi connectivity index (χ1n) is 12.2. The van der Waals surface area contributed by atoms with Crippen molar-refractivity contribution < 1.29 is 23.5 Å². The number of anilines is 1. The van der Waals surface area contributed by atoms with Crippen LogP contribution in [0.25, 0.3) is 0 Å². The number of thioether (sulfide) groups is 1. The summed E-state index contributed by atoms with van der Waals surface area (Å²) in [7, 11) is 0. The summed E-state index contributed by atoms with van der Waals surface area (Å²) in [6.07, 6.45) is 4.91. The number of thiophene rings is 1. The molecule has 2 heterocycles. The van der Waals surface area contributed by atoms with E-state index in [1.54, 1.807) is 24.5 Å². The third-order valence-corrected chi connectivity index (χ3v) is 8.32. The average molecular weight is 579 g/mol. The fourth-order valence-corrected chi connectivity index (χ4v) is 6.45. The first kappa shape index (κ1) is 28.1. The van der Waals surface area contributed by atoms with E-state index in [2.05, 4.69) is 22.1 Å². The molecule has 0 saturated carbocycles. The Hall–Kier alpha value is -2.89. The van der Waals surface area contributed by atoms with Crippen LogP contribution in [0.4, 0.5) is 9.39 Å². The zero-order valence-corrected chi connectivity index (χ0v) is 23.5. The lowest BCUT2D eigenvalue weighted by Gasteiger charge is -2.16. The molecular formula is C26H28ClFN4O4S2. The molecule has 1 aromatic carbocycles. The topological polar surface area (TPSA) is 95.3 Å². The molecule has 1 unspecified atom stereocenters. The van der Waals surface area contributed by atoms with E-state index in [1.807, 2.05) is 0 Å². The van der Waals surface area contributed by atoms with Crippen LogP contribution < -0.4 is 10.1 Å². The minimum Gasteiger partial charge on any atom is -0.481 e. The maximum absolute atomic E-state index is 13.4. The highest BCUT2D eigenvalue weighted by Gasteiger charge is 2.27. The van der Waals surface area contributed by atoms with Crippen LogP contribution in [0.5, 0.6) is 5.75 Å². The number of aryl methyl sites for hydroxylation is 1. The van der Waals surface area contributed by atoms with Gasteiger partial charge in [-0.3, -0.25) is 9.36 Å². The van der Waals surface area contributed by atoms with E-state index in [1.165, 1.54) is 41.3 Å². The second kappa shape index (κ2) is 12.8. The van der Waals surface area contributed by atoms with Crippen molar-refractivity contribution in [2.24, 2.45) is 0 Å². The quantitative estimate of drug-likeness (QED) is 0.163.